The highest BCUT2D eigenvalue weighted by Gasteiger charge is 2.30. The molecule has 3 rings (SSSR count). The van der Waals surface area contributed by atoms with Crippen LogP contribution in [0.15, 0.2) is 59.5 Å². The quantitative estimate of drug-likeness (QED) is 0.855. The average molecular weight is 373 g/mol. The molecule has 2 N–H and O–H groups in total. The molecule has 0 saturated carbocycles. The van der Waals surface area contributed by atoms with Gasteiger partial charge in [0.2, 0.25) is 0 Å². The predicted octanol–water partition coefficient (Wildman–Crippen LogP) is 3.55. The molecule has 0 bridgehead atoms. The molecule has 0 spiro atoms. The van der Waals surface area contributed by atoms with Gasteiger partial charge >= 0.3 is 6.09 Å². The van der Waals surface area contributed by atoms with E-state index in [0.29, 0.717) is 6.42 Å². The Bertz CT molecular complexity index is 1040. The standard InChI is InChI=1S/C19H19NO5S/c1-19(11-9-13(10-12-19)26(23,24)20-18(21)22)16-7-8-17(25-2)15-6-4-3-5-14(15)16/h3-11,20H,12H2,1-2H3,(H,21,22). The highest BCUT2D eigenvalue weighted by Crippen LogP contribution is 2.40. The van der Waals surface area contributed by atoms with Crippen LogP contribution in [-0.4, -0.2) is 26.7 Å². The van der Waals surface area contributed by atoms with E-state index in [1.807, 2.05) is 43.3 Å². The number of sulfonamides is 1. The van der Waals surface area contributed by atoms with Crippen molar-refractivity contribution < 1.29 is 23.1 Å². The lowest BCUT2D eigenvalue weighted by Gasteiger charge is -2.30. The predicted molar refractivity (Wildman–Crippen MR) is 99.8 cm³/mol. The fourth-order valence-electron chi connectivity index (χ4n) is 3.24. The zero-order valence-corrected chi connectivity index (χ0v) is 15.2. The second kappa shape index (κ2) is 6.49. The van der Waals surface area contributed by atoms with Crippen LogP contribution in [0.1, 0.15) is 18.9 Å². The van der Waals surface area contributed by atoms with E-state index < -0.39 is 21.5 Å². The van der Waals surface area contributed by atoms with E-state index in [1.165, 1.54) is 6.08 Å². The second-order valence-electron chi connectivity index (χ2n) is 6.33. The molecule has 0 fully saturated rings. The first kappa shape index (κ1) is 18.0. The number of nitrogens with one attached hydrogen (secondary N) is 1. The molecule has 1 unspecified atom stereocenters. The molecular weight excluding hydrogens is 354 g/mol. The number of carboxylic acid groups (broad SMARTS) is 1. The van der Waals surface area contributed by atoms with Gasteiger partial charge in [0.05, 0.1) is 12.0 Å². The minimum atomic E-state index is -4.06. The van der Waals surface area contributed by atoms with Crippen LogP contribution in [0.3, 0.4) is 0 Å². The van der Waals surface area contributed by atoms with Gasteiger partial charge in [0, 0.05) is 10.8 Å². The molecule has 0 aromatic heterocycles. The number of hydrogen-bond donors (Lipinski definition) is 2. The van der Waals surface area contributed by atoms with Crippen LogP contribution in [-0.2, 0) is 15.4 Å². The first-order valence-corrected chi connectivity index (χ1v) is 9.46. The highest BCUT2D eigenvalue weighted by molar-refractivity contribution is 7.94. The number of carbonyl (C=O) groups is 1. The van der Waals surface area contributed by atoms with Crippen molar-refractivity contribution in [1.29, 1.82) is 0 Å². The van der Waals surface area contributed by atoms with Crippen LogP contribution in [0.2, 0.25) is 0 Å². The third-order valence-electron chi connectivity index (χ3n) is 4.59. The number of fused-ring (bicyclic) bond motifs is 1. The molecule has 1 aliphatic carbocycles. The monoisotopic (exact) mass is 373 g/mol. The summed E-state index contributed by atoms with van der Waals surface area (Å²) in [5.74, 6) is 0.775. The molecule has 6 nitrogen and oxygen atoms in total. The van der Waals surface area contributed by atoms with Crippen molar-refractivity contribution in [2.45, 2.75) is 18.8 Å². The van der Waals surface area contributed by atoms with Gasteiger partial charge in [0.15, 0.2) is 0 Å². The Labute approximate surface area is 151 Å². The van der Waals surface area contributed by atoms with Crippen molar-refractivity contribution in [1.82, 2.24) is 4.72 Å². The van der Waals surface area contributed by atoms with E-state index in [2.05, 4.69) is 0 Å². The summed E-state index contributed by atoms with van der Waals surface area (Å²) < 4.78 is 31.0. The molecule has 1 atom stereocenters. The highest BCUT2D eigenvalue weighted by atomic mass is 32.2. The van der Waals surface area contributed by atoms with Gasteiger partial charge in [0.1, 0.15) is 5.75 Å². The minimum absolute atomic E-state index is 0.0461. The van der Waals surface area contributed by atoms with Gasteiger partial charge in [0.25, 0.3) is 10.0 Å². The smallest absolute Gasteiger partial charge is 0.418 e. The number of allylic oxidation sites excluding steroid dienone is 3. The van der Waals surface area contributed by atoms with Gasteiger partial charge in [-0.25, -0.2) is 17.9 Å². The number of ether oxygens (including phenoxy) is 1. The maximum Gasteiger partial charge on any atom is 0.418 e. The lowest BCUT2D eigenvalue weighted by atomic mass is 9.75. The number of amides is 1. The Hall–Kier alpha value is -2.80. The minimum Gasteiger partial charge on any atom is -0.496 e. The van der Waals surface area contributed by atoms with Crippen LogP contribution >= 0.6 is 0 Å². The normalized spacial score (nSPS) is 19.8. The van der Waals surface area contributed by atoms with Gasteiger partial charge < -0.3 is 9.84 Å². The molecule has 26 heavy (non-hydrogen) atoms. The fourth-order valence-corrected chi connectivity index (χ4v) is 4.13. The molecular formula is C19H19NO5S. The topological polar surface area (TPSA) is 92.7 Å². The summed E-state index contributed by atoms with van der Waals surface area (Å²) in [5, 5.41) is 10.7. The van der Waals surface area contributed by atoms with Gasteiger partial charge in [-0.1, -0.05) is 49.4 Å². The van der Waals surface area contributed by atoms with Crippen molar-refractivity contribution in [3.63, 3.8) is 0 Å². The molecule has 0 aliphatic heterocycles. The van der Waals surface area contributed by atoms with E-state index in [0.717, 1.165) is 22.1 Å². The van der Waals surface area contributed by atoms with Crippen molar-refractivity contribution in [2.24, 2.45) is 0 Å². The molecule has 0 heterocycles. The molecule has 0 radical (unpaired) electrons. The third-order valence-corrected chi connectivity index (χ3v) is 5.96. The van der Waals surface area contributed by atoms with Crippen LogP contribution in [0, 0.1) is 0 Å². The Kier molecular flexibility index (Phi) is 4.50. The Morgan fingerprint density at radius 3 is 2.46 bits per heavy atom. The van der Waals surface area contributed by atoms with Crippen molar-refractivity contribution in [3.05, 3.63) is 65.1 Å². The van der Waals surface area contributed by atoms with Crippen molar-refractivity contribution in [3.8, 4) is 5.75 Å². The lowest BCUT2D eigenvalue weighted by molar-refractivity contribution is 0.201. The Balaban J connectivity index is 2.02. The van der Waals surface area contributed by atoms with Crippen LogP contribution in [0.5, 0.6) is 5.75 Å². The maximum absolute atomic E-state index is 12.0. The first-order chi connectivity index (χ1) is 12.3. The maximum atomic E-state index is 12.0. The molecule has 2 aromatic carbocycles. The van der Waals surface area contributed by atoms with Gasteiger partial charge in [-0.05, 0) is 29.5 Å². The fraction of sp³-hybridized carbons (Fsp3) is 0.211. The Morgan fingerprint density at radius 1 is 1.19 bits per heavy atom. The zero-order chi connectivity index (χ0) is 18.9. The van der Waals surface area contributed by atoms with Crippen LogP contribution in [0.4, 0.5) is 4.79 Å². The first-order valence-electron chi connectivity index (χ1n) is 7.98. The molecule has 7 heteroatoms. The summed E-state index contributed by atoms with van der Waals surface area (Å²) in [6.45, 7) is 2.02. The van der Waals surface area contributed by atoms with Crippen molar-refractivity contribution in [2.75, 3.05) is 7.11 Å². The number of hydrogen-bond acceptors (Lipinski definition) is 4. The van der Waals surface area contributed by atoms with E-state index in [1.54, 1.807) is 24.0 Å². The summed E-state index contributed by atoms with van der Waals surface area (Å²) in [4.78, 5) is 10.6. The van der Waals surface area contributed by atoms with E-state index >= 15 is 0 Å². The summed E-state index contributed by atoms with van der Waals surface area (Å²) >= 11 is 0. The summed E-state index contributed by atoms with van der Waals surface area (Å²) in [7, 11) is -2.44. The van der Waals surface area contributed by atoms with Gasteiger partial charge in [-0.2, -0.15) is 0 Å². The van der Waals surface area contributed by atoms with Gasteiger partial charge in [-0.15, -0.1) is 0 Å². The average Bonchev–Trinajstić information content (AvgIpc) is 2.60. The van der Waals surface area contributed by atoms with Gasteiger partial charge in [-0.3, -0.25) is 0 Å². The largest absolute Gasteiger partial charge is 0.496 e. The van der Waals surface area contributed by atoms with E-state index in [9.17, 15) is 13.2 Å². The Morgan fingerprint density at radius 2 is 1.88 bits per heavy atom. The molecule has 1 amide bonds. The molecule has 2 aromatic rings. The zero-order valence-electron chi connectivity index (χ0n) is 14.4. The van der Waals surface area contributed by atoms with Crippen LogP contribution < -0.4 is 9.46 Å². The van der Waals surface area contributed by atoms with E-state index in [-0.39, 0.29) is 4.91 Å². The molecule has 136 valence electrons. The molecule has 0 saturated heterocycles. The summed E-state index contributed by atoms with van der Waals surface area (Å²) in [6.07, 6.45) is 3.62. The molecule has 1 aliphatic rings. The van der Waals surface area contributed by atoms with E-state index in [4.69, 9.17) is 9.84 Å². The second-order valence-corrected chi connectivity index (χ2v) is 8.02. The number of benzene rings is 2. The SMILES string of the molecule is COc1ccc(C2(C)C=CC(S(=O)(=O)NC(=O)O)=CC2)c2ccccc12. The van der Waals surface area contributed by atoms with Crippen LogP contribution in [0.25, 0.3) is 10.8 Å². The van der Waals surface area contributed by atoms with Crippen molar-refractivity contribution >= 4 is 26.9 Å². The third kappa shape index (κ3) is 3.17. The number of rotatable bonds is 4. The number of methoxy groups -OCH3 is 1. The lowest BCUT2D eigenvalue weighted by Crippen LogP contribution is -2.31. The summed E-state index contributed by atoms with van der Waals surface area (Å²) in [5.41, 5.74) is 0.623. The summed E-state index contributed by atoms with van der Waals surface area (Å²) in [6, 6.07) is 11.8.